The molecule has 0 aliphatic heterocycles. The van der Waals surface area contributed by atoms with Crippen molar-refractivity contribution < 1.29 is 19.0 Å². The third-order valence-electron chi connectivity index (χ3n) is 2.84. The molecule has 0 saturated carbocycles. The van der Waals surface area contributed by atoms with Crippen LogP contribution in [0.15, 0.2) is 18.2 Å². The largest absolute Gasteiger partial charge is 0.497 e. The molecule has 0 saturated heterocycles. The molecule has 4 heteroatoms. The lowest BCUT2D eigenvalue weighted by Gasteiger charge is -2.19. The second kappa shape index (κ2) is 7.79. The Hall–Kier alpha value is -1.55. The summed E-state index contributed by atoms with van der Waals surface area (Å²) in [6, 6.07) is 5.39. The van der Waals surface area contributed by atoms with E-state index in [1.807, 2.05) is 13.8 Å². The summed E-state index contributed by atoms with van der Waals surface area (Å²) in [6.07, 6.45) is 0.703. The fraction of sp³-hybridized carbons (Fsp3) is 0.533. The lowest BCUT2D eigenvalue weighted by Crippen LogP contribution is -2.17. The zero-order chi connectivity index (χ0) is 14.3. The third kappa shape index (κ3) is 3.96. The SMILES string of the molecule is CCCC(=O)C(OCC)c1cc(OC)ccc1OC. The van der Waals surface area contributed by atoms with Crippen molar-refractivity contribution >= 4 is 5.78 Å². The Morgan fingerprint density at radius 2 is 1.95 bits per heavy atom. The number of benzene rings is 1. The minimum absolute atomic E-state index is 0.0657. The molecule has 1 aromatic rings. The Bertz CT molecular complexity index is 415. The molecule has 0 N–H and O–H groups in total. The molecule has 0 radical (unpaired) electrons. The van der Waals surface area contributed by atoms with Gasteiger partial charge in [0.2, 0.25) is 0 Å². The van der Waals surface area contributed by atoms with Crippen molar-refractivity contribution in [1.29, 1.82) is 0 Å². The van der Waals surface area contributed by atoms with Gasteiger partial charge in [0.1, 0.15) is 17.6 Å². The second-order valence-corrected chi connectivity index (χ2v) is 4.16. The number of methoxy groups -OCH3 is 2. The zero-order valence-electron chi connectivity index (χ0n) is 12.1. The molecule has 106 valence electrons. The van der Waals surface area contributed by atoms with Gasteiger partial charge in [0.25, 0.3) is 0 Å². The molecule has 0 amide bonds. The third-order valence-corrected chi connectivity index (χ3v) is 2.84. The summed E-state index contributed by atoms with van der Waals surface area (Å²) in [4.78, 5) is 12.2. The van der Waals surface area contributed by atoms with Crippen LogP contribution in [-0.4, -0.2) is 26.6 Å². The lowest BCUT2D eigenvalue weighted by molar-refractivity contribution is -0.130. The van der Waals surface area contributed by atoms with Crippen LogP contribution in [0, 0.1) is 0 Å². The van der Waals surface area contributed by atoms with Gasteiger partial charge in [-0.1, -0.05) is 6.92 Å². The number of ether oxygens (including phenoxy) is 3. The van der Waals surface area contributed by atoms with Gasteiger partial charge in [0.15, 0.2) is 5.78 Å². The first-order valence-electron chi connectivity index (χ1n) is 6.54. The van der Waals surface area contributed by atoms with Crippen molar-refractivity contribution in [1.82, 2.24) is 0 Å². The van der Waals surface area contributed by atoms with E-state index in [0.29, 0.717) is 24.5 Å². The van der Waals surface area contributed by atoms with E-state index in [4.69, 9.17) is 14.2 Å². The van der Waals surface area contributed by atoms with Crippen LogP contribution in [0.2, 0.25) is 0 Å². The van der Waals surface area contributed by atoms with Crippen molar-refractivity contribution in [3.05, 3.63) is 23.8 Å². The average molecular weight is 266 g/mol. The first-order chi connectivity index (χ1) is 9.17. The Kier molecular flexibility index (Phi) is 6.36. The molecule has 0 aliphatic rings. The maximum atomic E-state index is 12.2. The van der Waals surface area contributed by atoms with Gasteiger partial charge in [-0.2, -0.15) is 0 Å². The van der Waals surface area contributed by atoms with Crippen molar-refractivity contribution in [3.63, 3.8) is 0 Å². The number of carbonyl (C=O) groups is 1. The molecule has 1 aromatic carbocycles. The minimum Gasteiger partial charge on any atom is -0.497 e. The number of hydrogen-bond donors (Lipinski definition) is 0. The fourth-order valence-electron chi connectivity index (χ4n) is 1.94. The number of ketones is 1. The summed E-state index contributed by atoms with van der Waals surface area (Å²) >= 11 is 0. The molecular formula is C15H22O4. The predicted octanol–water partition coefficient (Wildman–Crippen LogP) is 3.15. The smallest absolute Gasteiger partial charge is 0.166 e. The van der Waals surface area contributed by atoms with Gasteiger partial charge in [0.05, 0.1) is 14.2 Å². The summed E-state index contributed by atoms with van der Waals surface area (Å²) in [5.74, 6) is 1.39. The molecule has 1 atom stereocenters. The Balaban J connectivity index is 3.15. The van der Waals surface area contributed by atoms with Crippen LogP contribution < -0.4 is 9.47 Å². The van der Waals surface area contributed by atoms with E-state index < -0.39 is 6.10 Å². The van der Waals surface area contributed by atoms with E-state index in [1.165, 1.54) is 0 Å². The number of carbonyl (C=O) groups excluding carboxylic acids is 1. The van der Waals surface area contributed by atoms with Gasteiger partial charge in [-0.15, -0.1) is 0 Å². The molecule has 0 aromatic heterocycles. The first kappa shape index (κ1) is 15.5. The van der Waals surface area contributed by atoms with Crippen molar-refractivity contribution in [2.24, 2.45) is 0 Å². The predicted molar refractivity (Wildman–Crippen MR) is 73.8 cm³/mol. The standard InChI is InChI=1S/C15H22O4/c1-5-7-13(16)15(19-6-2)12-10-11(17-3)8-9-14(12)18-4/h8-10,15H,5-7H2,1-4H3. The van der Waals surface area contributed by atoms with Crippen molar-refractivity contribution in [2.45, 2.75) is 32.8 Å². The van der Waals surface area contributed by atoms with E-state index >= 15 is 0 Å². The zero-order valence-corrected chi connectivity index (χ0v) is 12.1. The van der Waals surface area contributed by atoms with Crippen LogP contribution in [0.1, 0.15) is 38.4 Å². The lowest BCUT2D eigenvalue weighted by atomic mass is 10.0. The monoisotopic (exact) mass is 266 g/mol. The van der Waals surface area contributed by atoms with Crippen LogP contribution in [0.25, 0.3) is 0 Å². The molecule has 1 rings (SSSR count). The topological polar surface area (TPSA) is 44.8 Å². The van der Waals surface area contributed by atoms with E-state index in [9.17, 15) is 4.79 Å². The summed E-state index contributed by atoms with van der Waals surface area (Å²) in [7, 11) is 3.17. The molecule has 4 nitrogen and oxygen atoms in total. The maximum Gasteiger partial charge on any atom is 0.166 e. The van der Waals surface area contributed by atoms with Crippen molar-refractivity contribution in [2.75, 3.05) is 20.8 Å². The van der Waals surface area contributed by atoms with Gasteiger partial charge in [-0.25, -0.2) is 0 Å². The van der Waals surface area contributed by atoms with Crippen LogP contribution in [0.3, 0.4) is 0 Å². The van der Waals surface area contributed by atoms with Crippen LogP contribution in [0.5, 0.6) is 11.5 Å². The summed E-state index contributed by atoms with van der Waals surface area (Å²) in [6.45, 7) is 4.32. The summed E-state index contributed by atoms with van der Waals surface area (Å²) < 4.78 is 16.1. The Labute approximate surface area is 114 Å². The molecule has 0 fully saturated rings. The Morgan fingerprint density at radius 1 is 1.21 bits per heavy atom. The fourth-order valence-corrected chi connectivity index (χ4v) is 1.94. The highest BCUT2D eigenvalue weighted by atomic mass is 16.5. The van der Waals surface area contributed by atoms with Crippen LogP contribution in [-0.2, 0) is 9.53 Å². The van der Waals surface area contributed by atoms with Crippen LogP contribution >= 0.6 is 0 Å². The van der Waals surface area contributed by atoms with Gasteiger partial charge >= 0.3 is 0 Å². The van der Waals surface area contributed by atoms with Gasteiger partial charge in [0, 0.05) is 18.6 Å². The normalized spacial score (nSPS) is 12.0. The summed E-state index contributed by atoms with van der Waals surface area (Å²) in [5.41, 5.74) is 0.724. The first-order valence-corrected chi connectivity index (χ1v) is 6.54. The molecule has 19 heavy (non-hydrogen) atoms. The van der Waals surface area contributed by atoms with Gasteiger partial charge in [-0.3, -0.25) is 4.79 Å². The van der Waals surface area contributed by atoms with Gasteiger partial charge < -0.3 is 14.2 Å². The number of hydrogen-bond acceptors (Lipinski definition) is 4. The molecule has 0 heterocycles. The molecule has 0 spiro atoms. The molecule has 1 unspecified atom stereocenters. The number of Topliss-reactive ketones (excluding diaryl/α,β-unsaturated/α-hetero) is 1. The Morgan fingerprint density at radius 3 is 2.47 bits per heavy atom. The van der Waals surface area contributed by atoms with Crippen molar-refractivity contribution in [3.8, 4) is 11.5 Å². The minimum atomic E-state index is -0.588. The number of rotatable bonds is 8. The quantitative estimate of drug-likeness (QED) is 0.725. The van der Waals surface area contributed by atoms with Gasteiger partial charge in [-0.05, 0) is 31.5 Å². The summed E-state index contributed by atoms with van der Waals surface area (Å²) in [5, 5.41) is 0. The second-order valence-electron chi connectivity index (χ2n) is 4.16. The average Bonchev–Trinajstić information content (AvgIpc) is 2.44. The van der Waals surface area contributed by atoms with E-state index in [1.54, 1.807) is 32.4 Å². The highest BCUT2D eigenvalue weighted by Gasteiger charge is 2.24. The van der Waals surface area contributed by atoms with E-state index in [0.717, 1.165) is 12.0 Å². The van der Waals surface area contributed by atoms with E-state index in [-0.39, 0.29) is 5.78 Å². The molecule has 0 bridgehead atoms. The highest BCUT2D eigenvalue weighted by Crippen LogP contribution is 2.32. The maximum absolute atomic E-state index is 12.2. The molecular weight excluding hydrogens is 244 g/mol. The molecule has 0 aliphatic carbocycles. The van der Waals surface area contributed by atoms with E-state index in [2.05, 4.69) is 0 Å². The van der Waals surface area contributed by atoms with Crippen LogP contribution in [0.4, 0.5) is 0 Å². The highest BCUT2D eigenvalue weighted by molar-refractivity contribution is 5.85.